The lowest BCUT2D eigenvalue weighted by Crippen LogP contribution is -2.42. The van der Waals surface area contributed by atoms with Crippen LogP contribution in [0.3, 0.4) is 0 Å². The molecule has 1 aromatic carbocycles. The molecule has 0 spiro atoms. The molecule has 0 aliphatic carbocycles. The fourth-order valence-corrected chi connectivity index (χ4v) is 2.38. The Balaban J connectivity index is 2.73. The Labute approximate surface area is 112 Å². The van der Waals surface area contributed by atoms with Crippen molar-refractivity contribution >= 4 is 5.69 Å². The Bertz CT molecular complexity index is 336. The van der Waals surface area contributed by atoms with E-state index in [0.717, 1.165) is 19.6 Å². The van der Waals surface area contributed by atoms with Crippen LogP contribution in [-0.2, 0) is 0 Å². The Hall–Kier alpha value is -1.02. The lowest BCUT2D eigenvalue weighted by atomic mass is 10.1. The predicted molar refractivity (Wildman–Crippen MR) is 81.4 cm³/mol. The lowest BCUT2D eigenvalue weighted by molar-refractivity contribution is 0.524. The summed E-state index contributed by atoms with van der Waals surface area (Å²) in [6, 6.07) is 9.40. The van der Waals surface area contributed by atoms with Gasteiger partial charge in [-0.3, -0.25) is 0 Å². The van der Waals surface area contributed by atoms with Crippen LogP contribution in [0.25, 0.3) is 0 Å². The zero-order valence-corrected chi connectivity index (χ0v) is 12.4. The third kappa shape index (κ3) is 4.34. The summed E-state index contributed by atoms with van der Waals surface area (Å²) in [7, 11) is 0. The maximum atomic E-state index is 3.54. The molecule has 0 bridgehead atoms. The van der Waals surface area contributed by atoms with Crippen LogP contribution < -0.4 is 10.2 Å². The Kier molecular flexibility index (Phi) is 6.81. The SMILES string of the molecule is CCCNCC(CC)N(CC)c1cccc(C)c1. The number of anilines is 1. The molecule has 0 heterocycles. The summed E-state index contributed by atoms with van der Waals surface area (Å²) in [5.74, 6) is 0. The average Bonchev–Trinajstić information content (AvgIpc) is 2.38. The molecule has 1 aromatic rings. The minimum atomic E-state index is 0.586. The molecular formula is C16H28N2. The summed E-state index contributed by atoms with van der Waals surface area (Å²) >= 11 is 0. The second kappa shape index (κ2) is 8.15. The van der Waals surface area contributed by atoms with Crippen LogP contribution >= 0.6 is 0 Å². The molecule has 1 N–H and O–H groups in total. The van der Waals surface area contributed by atoms with Gasteiger partial charge in [-0.2, -0.15) is 0 Å². The molecule has 0 aliphatic heterocycles. The molecule has 0 aliphatic rings. The Morgan fingerprint density at radius 1 is 1.22 bits per heavy atom. The van der Waals surface area contributed by atoms with Gasteiger partial charge in [0.1, 0.15) is 0 Å². The highest BCUT2D eigenvalue weighted by atomic mass is 15.2. The minimum Gasteiger partial charge on any atom is -0.368 e. The van der Waals surface area contributed by atoms with Crippen LogP contribution in [0.5, 0.6) is 0 Å². The molecule has 0 saturated carbocycles. The number of nitrogens with zero attached hydrogens (tertiary/aromatic N) is 1. The summed E-state index contributed by atoms with van der Waals surface area (Å²) in [6.45, 7) is 12.1. The molecule has 102 valence electrons. The van der Waals surface area contributed by atoms with Crippen molar-refractivity contribution in [3.63, 3.8) is 0 Å². The fraction of sp³-hybridized carbons (Fsp3) is 0.625. The molecule has 0 aromatic heterocycles. The quantitative estimate of drug-likeness (QED) is 0.707. The third-order valence-corrected chi connectivity index (χ3v) is 3.39. The molecule has 0 amide bonds. The maximum absolute atomic E-state index is 3.54. The number of benzene rings is 1. The van der Waals surface area contributed by atoms with Crippen molar-refractivity contribution in [1.29, 1.82) is 0 Å². The van der Waals surface area contributed by atoms with E-state index in [1.807, 2.05) is 0 Å². The van der Waals surface area contributed by atoms with Gasteiger partial charge in [0.2, 0.25) is 0 Å². The summed E-state index contributed by atoms with van der Waals surface area (Å²) in [4.78, 5) is 2.51. The minimum absolute atomic E-state index is 0.586. The first-order chi connectivity index (χ1) is 8.72. The molecule has 1 atom stereocenters. The van der Waals surface area contributed by atoms with Crippen LogP contribution in [0, 0.1) is 6.92 Å². The van der Waals surface area contributed by atoms with Crippen LogP contribution in [-0.4, -0.2) is 25.7 Å². The van der Waals surface area contributed by atoms with Gasteiger partial charge in [0.25, 0.3) is 0 Å². The van der Waals surface area contributed by atoms with E-state index in [4.69, 9.17) is 0 Å². The van der Waals surface area contributed by atoms with Crippen LogP contribution in [0.4, 0.5) is 5.69 Å². The van der Waals surface area contributed by atoms with Gasteiger partial charge in [0.15, 0.2) is 0 Å². The van der Waals surface area contributed by atoms with Crippen LogP contribution in [0.1, 0.15) is 39.2 Å². The maximum Gasteiger partial charge on any atom is 0.0411 e. The summed E-state index contributed by atoms with van der Waals surface area (Å²) < 4.78 is 0. The number of rotatable bonds is 8. The lowest BCUT2D eigenvalue weighted by Gasteiger charge is -2.32. The van der Waals surface area contributed by atoms with Gasteiger partial charge >= 0.3 is 0 Å². The molecule has 0 fully saturated rings. The first-order valence-corrected chi connectivity index (χ1v) is 7.26. The van der Waals surface area contributed by atoms with E-state index in [2.05, 4.69) is 62.2 Å². The van der Waals surface area contributed by atoms with Gasteiger partial charge < -0.3 is 10.2 Å². The van der Waals surface area contributed by atoms with Gasteiger partial charge in [-0.05, 0) is 50.9 Å². The molecular weight excluding hydrogens is 220 g/mol. The monoisotopic (exact) mass is 248 g/mol. The third-order valence-electron chi connectivity index (χ3n) is 3.39. The fourth-order valence-electron chi connectivity index (χ4n) is 2.38. The smallest absolute Gasteiger partial charge is 0.0411 e. The Morgan fingerprint density at radius 3 is 2.56 bits per heavy atom. The van der Waals surface area contributed by atoms with Gasteiger partial charge in [-0.25, -0.2) is 0 Å². The largest absolute Gasteiger partial charge is 0.368 e. The first-order valence-electron chi connectivity index (χ1n) is 7.26. The van der Waals surface area contributed by atoms with E-state index in [0.29, 0.717) is 6.04 Å². The zero-order chi connectivity index (χ0) is 13.4. The van der Waals surface area contributed by atoms with Crippen molar-refractivity contribution in [2.45, 2.75) is 46.6 Å². The molecule has 18 heavy (non-hydrogen) atoms. The molecule has 1 unspecified atom stereocenters. The van der Waals surface area contributed by atoms with Crippen molar-refractivity contribution in [3.05, 3.63) is 29.8 Å². The molecule has 0 saturated heterocycles. The van der Waals surface area contributed by atoms with Crippen molar-refractivity contribution in [2.24, 2.45) is 0 Å². The normalized spacial score (nSPS) is 12.4. The molecule has 2 nitrogen and oxygen atoms in total. The molecule has 2 heteroatoms. The number of nitrogens with one attached hydrogen (secondary N) is 1. The van der Waals surface area contributed by atoms with E-state index >= 15 is 0 Å². The summed E-state index contributed by atoms with van der Waals surface area (Å²) in [5.41, 5.74) is 2.69. The van der Waals surface area contributed by atoms with Gasteiger partial charge in [0, 0.05) is 24.8 Å². The highest BCUT2D eigenvalue weighted by Crippen LogP contribution is 2.19. The topological polar surface area (TPSA) is 15.3 Å². The van der Waals surface area contributed by atoms with Crippen molar-refractivity contribution in [3.8, 4) is 0 Å². The average molecular weight is 248 g/mol. The number of hydrogen-bond donors (Lipinski definition) is 1. The Morgan fingerprint density at radius 2 is 2.00 bits per heavy atom. The van der Waals surface area contributed by atoms with E-state index < -0.39 is 0 Å². The van der Waals surface area contributed by atoms with E-state index in [-0.39, 0.29) is 0 Å². The number of likely N-dealkylation sites (N-methyl/N-ethyl adjacent to an activating group) is 1. The second-order valence-electron chi connectivity index (χ2n) is 4.89. The van der Waals surface area contributed by atoms with Gasteiger partial charge in [-0.1, -0.05) is 26.0 Å². The second-order valence-corrected chi connectivity index (χ2v) is 4.89. The van der Waals surface area contributed by atoms with Gasteiger partial charge in [-0.15, -0.1) is 0 Å². The van der Waals surface area contributed by atoms with E-state index in [9.17, 15) is 0 Å². The zero-order valence-electron chi connectivity index (χ0n) is 12.4. The number of hydrogen-bond acceptors (Lipinski definition) is 2. The molecule has 0 radical (unpaired) electrons. The summed E-state index contributed by atoms with van der Waals surface area (Å²) in [5, 5.41) is 3.54. The van der Waals surface area contributed by atoms with Crippen molar-refractivity contribution in [1.82, 2.24) is 5.32 Å². The first kappa shape index (κ1) is 15.0. The standard InChI is InChI=1S/C16H28N2/c1-5-11-17-13-15(6-2)18(7-3)16-10-8-9-14(4)12-16/h8-10,12,15,17H,5-7,11,13H2,1-4H3. The highest BCUT2D eigenvalue weighted by Gasteiger charge is 2.15. The van der Waals surface area contributed by atoms with E-state index in [1.165, 1.54) is 24.1 Å². The number of aryl methyl sites for hydroxylation is 1. The van der Waals surface area contributed by atoms with E-state index in [1.54, 1.807) is 0 Å². The summed E-state index contributed by atoms with van der Waals surface area (Å²) in [6.07, 6.45) is 2.38. The van der Waals surface area contributed by atoms with Crippen molar-refractivity contribution < 1.29 is 0 Å². The predicted octanol–water partition coefficient (Wildman–Crippen LogP) is 3.60. The van der Waals surface area contributed by atoms with Gasteiger partial charge in [0.05, 0.1) is 0 Å². The highest BCUT2D eigenvalue weighted by molar-refractivity contribution is 5.49. The van der Waals surface area contributed by atoms with Crippen LogP contribution in [0.2, 0.25) is 0 Å². The van der Waals surface area contributed by atoms with Crippen molar-refractivity contribution in [2.75, 3.05) is 24.5 Å². The molecule has 1 rings (SSSR count). The van der Waals surface area contributed by atoms with Crippen LogP contribution in [0.15, 0.2) is 24.3 Å².